The number of halogens is 2. The molecule has 1 aromatic rings. The van der Waals surface area contributed by atoms with E-state index < -0.39 is 45.9 Å². The second kappa shape index (κ2) is 6.13. The fourth-order valence-electron chi connectivity index (χ4n) is 2.38. The standard InChI is InChI=1S/C13H14F2N2O4/c14-8-6-9(15)11(17(20)21)5-7(8)13(19)16-10-3-1-2-4-12(10)18/h5-6,10,12,18H,1-4H2,(H,16,19)/t10-,12-/m0/s1. The molecule has 1 aromatic carbocycles. The number of rotatable bonds is 3. The van der Waals surface area contributed by atoms with E-state index in [2.05, 4.69) is 5.32 Å². The summed E-state index contributed by atoms with van der Waals surface area (Å²) in [6, 6.07) is 0.342. The van der Waals surface area contributed by atoms with Gasteiger partial charge in [0, 0.05) is 12.1 Å². The van der Waals surface area contributed by atoms with E-state index in [0.717, 1.165) is 12.8 Å². The van der Waals surface area contributed by atoms with Crippen molar-refractivity contribution in [2.45, 2.75) is 37.8 Å². The van der Waals surface area contributed by atoms with Crippen molar-refractivity contribution in [1.29, 1.82) is 0 Å². The molecule has 1 aliphatic carbocycles. The van der Waals surface area contributed by atoms with Gasteiger partial charge in [0.1, 0.15) is 5.82 Å². The van der Waals surface area contributed by atoms with Crippen LogP contribution in [0.5, 0.6) is 0 Å². The van der Waals surface area contributed by atoms with Crippen LogP contribution in [0.2, 0.25) is 0 Å². The van der Waals surface area contributed by atoms with Gasteiger partial charge >= 0.3 is 5.69 Å². The minimum absolute atomic E-state index is 0.310. The van der Waals surface area contributed by atoms with Crippen molar-refractivity contribution in [3.05, 3.63) is 39.4 Å². The van der Waals surface area contributed by atoms with Crippen LogP contribution in [0.15, 0.2) is 12.1 Å². The third-order valence-corrected chi connectivity index (χ3v) is 3.52. The molecule has 0 heterocycles. The summed E-state index contributed by atoms with van der Waals surface area (Å²) in [5.74, 6) is -3.42. The number of carbonyl (C=O) groups excluding carboxylic acids is 1. The Labute approximate surface area is 118 Å². The van der Waals surface area contributed by atoms with Crippen LogP contribution in [0, 0.1) is 21.7 Å². The second-order valence-electron chi connectivity index (χ2n) is 4.97. The van der Waals surface area contributed by atoms with Gasteiger partial charge in [0.15, 0.2) is 0 Å². The van der Waals surface area contributed by atoms with E-state index in [0.29, 0.717) is 25.0 Å². The molecule has 0 aromatic heterocycles. The number of carbonyl (C=O) groups is 1. The third kappa shape index (κ3) is 3.33. The van der Waals surface area contributed by atoms with Crippen LogP contribution in [0.4, 0.5) is 14.5 Å². The number of hydrogen-bond donors (Lipinski definition) is 2. The van der Waals surface area contributed by atoms with Crippen molar-refractivity contribution in [2.24, 2.45) is 0 Å². The van der Waals surface area contributed by atoms with Gasteiger partial charge in [-0.1, -0.05) is 12.8 Å². The first-order chi connectivity index (χ1) is 9.90. The van der Waals surface area contributed by atoms with Gasteiger partial charge in [0.25, 0.3) is 5.91 Å². The number of benzene rings is 1. The summed E-state index contributed by atoms with van der Waals surface area (Å²) >= 11 is 0. The first kappa shape index (κ1) is 15.3. The molecule has 2 N–H and O–H groups in total. The van der Waals surface area contributed by atoms with Crippen molar-refractivity contribution in [3.8, 4) is 0 Å². The molecule has 0 saturated heterocycles. The molecule has 0 radical (unpaired) electrons. The van der Waals surface area contributed by atoms with E-state index in [-0.39, 0.29) is 0 Å². The van der Waals surface area contributed by atoms with E-state index in [1.54, 1.807) is 0 Å². The fraction of sp³-hybridized carbons (Fsp3) is 0.462. The molecule has 0 unspecified atom stereocenters. The second-order valence-corrected chi connectivity index (χ2v) is 4.97. The fourth-order valence-corrected chi connectivity index (χ4v) is 2.38. The highest BCUT2D eigenvalue weighted by atomic mass is 19.1. The van der Waals surface area contributed by atoms with Gasteiger partial charge in [-0.3, -0.25) is 14.9 Å². The molecule has 0 bridgehead atoms. The average Bonchev–Trinajstić information content (AvgIpc) is 2.40. The van der Waals surface area contributed by atoms with Gasteiger partial charge in [-0.05, 0) is 12.8 Å². The molecule has 1 amide bonds. The molecule has 2 atom stereocenters. The zero-order valence-corrected chi connectivity index (χ0v) is 11.0. The van der Waals surface area contributed by atoms with Crippen LogP contribution in [0.1, 0.15) is 36.0 Å². The lowest BCUT2D eigenvalue weighted by Crippen LogP contribution is -2.45. The number of amides is 1. The van der Waals surface area contributed by atoms with Crippen LogP contribution in [-0.4, -0.2) is 28.1 Å². The van der Waals surface area contributed by atoms with Crippen molar-refractivity contribution in [2.75, 3.05) is 0 Å². The summed E-state index contributed by atoms with van der Waals surface area (Å²) in [7, 11) is 0. The maximum atomic E-state index is 13.6. The maximum absolute atomic E-state index is 13.6. The molecule has 0 spiro atoms. The molecule has 1 aliphatic rings. The molecule has 21 heavy (non-hydrogen) atoms. The number of hydrogen-bond acceptors (Lipinski definition) is 4. The Balaban J connectivity index is 2.22. The number of nitrogens with one attached hydrogen (secondary N) is 1. The Hall–Kier alpha value is -2.09. The molecule has 1 saturated carbocycles. The SMILES string of the molecule is O=C(N[C@H]1CCCC[C@@H]1O)c1cc([N+](=O)[O-])c(F)cc1F. The molecule has 0 aliphatic heterocycles. The van der Waals surface area contributed by atoms with E-state index in [1.165, 1.54) is 0 Å². The zero-order chi connectivity index (χ0) is 15.6. The normalized spacial score (nSPS) is 21.9. The van der Waals surface area contributed by atoms with Crippen LogP contribution >= 0.6 is 0 Å². The Morgan fingerprint density at radius 1 is 1.29 bits per heavy atom. The molecular weight excluding hydrogens is 286 g/mol. The predicted molar refractivity (Wildman–Crippen MR) is 68.7 cm³/mol. The smallest absolute Gasteiger partial charge is 0.305 e. The van der Waals surface area contributed by atoms with Gasteiger partial charge in [0.05, 0.1) is 22.6 Å². The lowest BCUT2D eigenvalue weighted by atomic mass is 9.92. The molecular formula is C13H14F2N2O4. The van der Waals surface area contributed by atoms with E-state index >= 15 is 0 Å². The molecule has 8 heteroatoms. The van der Waals surface area contributed by atoms with Crippen LogP contribution in [0.3, 0.4) is 0 Å². The zero-order valence-electron chi connectivity index (χ0n) is 11.0. The van der Waals surface area contributed by atoms with E-state index in [1.807, 2.05) is 0 Å². The lowest BCUT2D eigenvalue weighted by molar-refractivity contribution is -0.387. The van der Waals surface area contributed by atoms with E-state index in [4.69, 9.17) is 0 Å². The first-order valence-corrected chi connectivity index (χ1v) is 6.52. The van der Waals surface area contributed by atoms with Crippen LogP contribution in [-0.2, 0) is 0 Å². The third-order valence-electron chi connectivity index (χ3n) is 3.52. The van der Waals surface area contributed by atoms with Crippen molar-refractivity contribution >= 4 is 11.6 Å². The van der Waals surface area contributed by atoms with Gasteiger partial charge in [-0.15, -0.1) is 0 Å². The van der Waals surface area contributed by atoms with Crippen molar-refractivity contribution < 1.29 is 23.6 Å². The van der Waals surface area contributed by atoms with Crippen LogP contribution in [0.25, 0.3) is 0 Å². The summed E-state index contributed by atoms with van der Waals surface area (Å²) < 4.78 is 26.8. The summed E-state index contributed by atoms with van der Waals surface area (Å²) in [5, 5.41) is 22.8. The summed E-state index contributed by atoms with van der Waals surface area (Å²) in [4.78, 5) is 21.6. The predicted octanol–water partition coefficient (Wildman–Crippen LogP) is 1.91. The number of nitrogens with zero attached hydrogens (tertiary/aromatic N) is 1. The number of nitro groups is 1. The van der Waals surface area contributed by atoms with Gasteiger partial charge in [0.2, 0.25) is 5.82 Å². The van der Waals surface area contributed by atoms with Gasteiger partial charge in [-0.2, -0.15) is 4.39 Å². The minimum atomic E-state index is -1.34. The quantitative estimate of drug-likeness (QED) is 0.658. The lowest BCUT2D eigenvalue weighted by Gasteiger charge is -2.28. The Morgan fingerprint density at radius 2 is 1.95 bits per heavy atom. The molecule has 114 valence electrons. The first-order valence-electron chi connectivity index (χ1n) is 6.52. The molecule has 1 fully saturated rings. The monoisotopic (exact) mass is 300 g/mol. The van der Waals surface area contributed by atoms with Crippen molar-refractivity contribution in [1.82, 2.24) is 5.32 Å². The topological polar surface area (TPSA) is 92.5 Å². The summed E-state index contributed by atoms with van der Waals surface area (Å²) in [6.45, 7) is 0. The maximum Gasteiger partial charge on any atom is 0.305 e. The highest BCUT2D eigenvalue weighted by molar-refractivity contribution is 5.95. The van der Waals surface area contributed by atoms with E-state index in [9.17, 15) is 28.8 Å². The Morgan fingerprint density at radius 3 is 2.57 bits per heavy atom. The Bertz CT molecular complexity index is 580. The van der Waals surface area contributed by atoms with Gasteiger partial charge < -0.3 is 10.4 Å². The van der Waals surface area contributed by atoms with Crippen molar-refractivity contribution in [3.63, 3.8) is 0 Å². The number of aliphatic hydroxyl groups excluding tert-OH is 1. The Kier molecular flexibility index (Phi) is 4.46. The minimum Gasteiger partial charge on any atom is -0.391 e. The largest absolute Gasteiger partial charge is 0.391 e. The highest BCUT2D eigenvalue weighted by Crippen LogP contribution is 2.23. The summed E-state index contributed by atoms with van der Waals surface area (Å²) in [6.07, 6.45) is 1.98. The summed E-state index contributed by atoms with van der Waals surface area (Å²) in [5.41, 5.74) is -1.58. The number of nitro benzene ring substituents is 1. The highest BCUT2D eigenvalue weighted by Gasteiger charge is 2.27. The molecule has 6 nitrogen and oxygen atoms in total. The van der Waals surface area contributed by atoms with Crippen LogP contribution < -0.4 is 5.32 Å². The molecule has 2 rings (SSSR count). The van der Waals surface area contributed by atoms with Gasteiger partial charge in [-0.25, -0.2) is 4.39 Å². The number of aliphatic hydroxyl groups is 1. The average molecular weight is 300 g/mol.